The smallest absolute Gasteiger partial charge is 0.168 e. The number of aryl methyl sites for hydroxylation is 1. The molecule has 0 bridgehead atoms. The van der Waals surface area contributed by atoms with E-state index in [-0.39, 0.29) is 17.5 Å². The molecular formula is C16H13F2NO. The Hall–Kier alpha value is -2.25. The van der Waals surface area contributed by atoms with E-state index >= 15 is 0 Å². The van der Waals surface area contributed by atoms with Crippen LogP contribution in [0.1, 0.15) is 11.1 Å². The van der Waals surface area contributed by atoms with Gasteiger partial charge in [0.05, 0.1) is 5.69 Å². The molecule has 2 rings (SSSR count). The van der Waals surface area contributed by atoms with E-state index in [9.17, 15) is 13.9 Å². The molecule has 1 aromatic heterocycles. The SMILES string of the molecule is C#CC(O)Cc1ccc(-c2ccc(C)c(F)c2F)nc1. The summed E-state index contributed by atoms with van der Waals surface area (Å²) < 4.78 is 27.3. The van der Waals surface area contributed by atoms with E-state index in [0.717, 1.165) is 5.56 Å². The normalized spacial score (nSPS) is 11.9. The summed E-state index contributed by atoms with van der Waals surface area (Å²) in [6, 6.07) is 6.25. The Labute approximate surface area is 116 Å². The van der Waals surface area contributed by atoms with Crippen LogP contribution in [0.5, 0.6) is 0 Å². The second-order valence-electron chi connectivity index (χ2n) is 4.50. The van der Waals surface area contributed by atoms with Gasteiger partial charge in [-0.2, -0.15) is 0 Å². The van der Waals surface area contributed by atoms with Crippen molar-refractivity contribution < 1.29 is 13.9 Å². The summed E-state index contributed by atoms with van der Waals surface area (Å²) in [4.78, 5) is 4.08. The third-order valence-corrected chi connectivity index (χ3v) is 3.00. The van der Waals surface area contributed by atoms with Crippen LogP contribution in [-0.2, 0) is 6.42 Å². The van der Waals surface area contributed by atoms with Gasteiger partial charge in [-0.3, -0.25) is 4.98 Å². The number of hydrogen-bond donors (Lipinski definition) is 1. The molecule has 2 aromatic rings. The Morgan fingerprint density at radius 3 is 2.60 bits per heavy atom. The van der Waals surface area contributed by atoms with Gasteiger partial charge in [-0.05, 0) is 30.2 Å². The lowest BCUT2D eigenvalue weighted by Gasteiger charge is -2.07. The first-order chi connectivity index (χ1) is 9.52. The molecule has 4 heteroatoms. The van der Waals surface area contributed by atoms with Gasteiger partial charge in [0.25, 0.3) is 0 Å². The molecular weight excluding hydrogens is 260 g/mol. The first kappa shape index (κ1) is 14.2. The van der Waals surface area contributed by atoms with E-state index in [1.807, 2.05) is 0 Å². The van der Waals surface area contributed by atoms with E-state index < -0.39 is 17.7 Å². The van der Waals surface area contributed by atoms with Crippen LogP contribution in [0.15, 0.2) is 30.5 Å². The van der Waals surface area contributed by atoms with Gasteiger partial charge in [0.2, 0.25) is 0 Å². The van der Waals surface area contributed by atoms with Crippen LogP contribution in [0.4, 0.5) is 8.78 Å². The molecule has 0 saturated heterocycles. The summed E-state index contributed by atoms with van der Waals surface area (Å²) in [5.41, 5.74) is 1.42. The molecule has 0 fully saturated rings. The van der Waals surface area contributed by atoms with Gasteiger partial charge in [-0.25, -0.2) is 8.78 Å². The number of aliphatic hydroxyl groups excluding tert-OH is 1. The minimum atomic E-state index is -0.908. The molecule has 1 atom stereocenters. The van der Waals surface area contributed by atoms with Gasteiger partial charge in [-0.15, -0.1) is 6.42 Å². The molecule has 102 valence electrons. The molecule has 0 aliphatic carbocycles. The molecule has 0 aliphatic heterocycles. The number of rotatable bonds is 3. The van der Waals surface area contributed by atoms with Crippen LogP contribution < -0.4 is 0 Å². The van der Waals surface area contributed by atoms with Crippen molar-refractivity contribution in [1.29, 1.82) is 0 Å². The Balaban J connectivity index is 2.31. The number of terminal acetylenes is 1. The standard InChI is InChI=1S/C16H13F2NO/c1-3-12(20)8-11-5-7-14(19-9-11)13-6-4-10(2)15(17)16(13)18/h1,4-7,9,12,20H,8H2,2H3. The minimum absolute atomic E-state index is 0.108. The molecule has 1 heterocycles. The van der Waals surface area contributed by atoms with Crippen LogP contribution in [0.2, 0.25) is 0 Å². The van der Waals surface area contributed by atoms with Crippen molar-refractivity contribution in [3.8, 4) is 23.6 Å². The van der Waals surface area contributed by atoms with Crippen LogP contribution in [0.25, 0.3) is 11.3 Å². The van der Waals surface area contributed by atoms with E-state index in [0.29, 0.717) is 5.69 Å². The minimum Gasteiger partial charge on any atom is -0.380 e. The first-order valence-corrected chi connectivity index (χ1v) is 6.07. The molecule has 2 nitrogen and oxygen atoms in total. The summed E-state index contributed by atoms with van der Waals surface area (Å²) in [5, 5.41) is 9.34. The van der Waals surface area contributed by atoms with Crippen molar-refractivity contribution in [2.45, 2.75) is 19.4 Å². The van der Waals surface area contributed by atoms with E-state index in [1.54, 1.807) is 12.1 Å². The zero-order valence-corrected chi connectivity index (χ0v) is 10.9. The van der Waals surface area contributed by atoms with Crippen LogP contribution in [0, 0.1) is 30.9 Å². The fourth-order valence-corrected chi connectivity index (χ4v) is 1.83. The second kappa shape index (κ2) is 5.81. The Bertz CT molecular complexity index is 659. The topological polar surface area (TPSA) is 33.1 Å². The predicted octanol–water partition coefficient (Wildman–Crippen LogP) is 2.87. The summed E-state index contributed by atoms with van der Waals surface area (Å²) in [7, 11) is 0. The Morgan fingerprint density at radius 1 is 1.25 bits per heavy atom. The molecule has 1 N–H and O–H groups in total. The molecule has 0 aliphatic rings. The van der Waals surface area contributed by atoms with E-state index in [4.69, 9.17) is 6.42 Å². The largest absolute Gasteiger partial charge is 0.380 e. The Morgan fingerprint density at radius 2 is 2.00 bits per heavy atom. The highest BCUT2D eigenvalue weighted by molar-refractivity contribution is 5.60. The second-order valence-corrected chi connectivity index (χ2v) is 4.50. The molecule has 1 aromatic carbocycles. The number of aromatic nitrogens is 1. The van der Waals surface area contributed by atoms with Crippen molar-refractivity contribution in [2.75, 3.05) is 0 Å². The van der Waals surface area contributed by atoms with Crippen molar-refractivity contribution in [3.63, 3.8) is 0 Å². The maximum Gasteiger partial charge on any atom is 0.168 e. The molecule has 0 amide bonds. The summed E-state index contributed by atoms with van der Waals surface area (Å²) in [6.07, 6.45) is 5.97. The van der Waals surface area contributed by atoms with E-state index in [2.05, 4.69) is 10.9 Å². The lowest BCUT2D eigenvalue weighted by Crippen LogP contribution is -2.07. The monoisotopic (exact) mass is 273 g/mol. The summed E-state index contributed by atoms with van der Waals surface area (Å²) >= 11 is 0. The van der Waals surface area contributed by atoms with Crippen molar-refractivity contribution in [3.05, 3.63) is 53.2 Å². The summed E-state index contributed by atoms with van der Waals surface area (Å²) in [6.45, 7) is 1.50. The maximum atomic E-state index is 13.8. The lowest BCUT2D eigenvalue weighted by molar-refractivity contribution is 0.233. The fraction of sp³-hybridized carbons (Fsp3) is 0.188. The number of aliphatic hydroxyl groups is 1. The number of pyridine rings is 1. The van der Waals surface area contributed by atoms with Crippen molar-refractivity contribution in [2.24, 2.45) is 0 Å². The van der Waals surface area contributed by atoms with Gasteiger partial charge in [0, 0.05) is 18.2 Å². The van der Waals surface area contributed by atoms with Gasteiger partial charge in [0.1, 0.15) is 6.10 Å². The van der Waals surface area contributed by atoms with E-state index in [1.165, 1.54) is 25.3 Å². The van der Waals surface area contributed by atoms with Crippen LogP contribution >= 0.6 is 0 Å². The highest BCUT2D eigenvalue weighted by Crippen LogP contribution is 2.24. The molecule has 20 heavy (non-hydrogen) atoms. The first-order valence-electron chi connectivity index (χ1n) is 6.07. The zero-order chi connectivity index (χ0) is 14.7. The van der Waals surface area contributed by atoms with Gasteiger partial charge < -0.3 is 5.11 Å². The number of halogens is 2. The maximum absolute atomic E-state index is 13.8. The average Bonchev–Trinajstić information content (AvgIpc) is 2.46. The van der Waals surface area contributed by atoms with Gasteiger partial charge >= 0.3 is 0 Å². The lowest BCUT2D eigenvalue weighted by atomic mass is 10.1. The highest BCUT2D eigenvalue weighted by atomic mass is 19.2. The van der Waals surface area contributed by atoms with Gasteiger partial charge in [0.15, 0.2) is 11.6 Å². The third kappa shape index (κ3) is 2.84. The molecule has 1 unspecified atom stereocenters. The molecule has 0 saturated carbocycles. The summed E-state index contributed by atoms with van der Waals surface area (Å²) in [5.74, 6) is 0.428. The quantitative estimate of drug-likeness (QED) is 0.872. The molecule has 0 spiro atoms. The van der Waals surface area contributed by atoms with Crippen molar-refractivity contribution >= 4 is 0 Å². The highest BCUT2D eigenvalue weighted by Gasteiger charge is 2.13. The predicted molar refractivity (Wildman–Crippen MR) is 72.9 cm³/mol. The zero-order valence-electron chi connectivity index (χ0n) is 10.9. The Kier molecular flexibility index (Phi) is 4.11. The molecule has 0 radical (unpaired) electrons. The average molecular weight is 273 g/mol. The number of benzene rings is 1. The van der Waals surface area contributed by atoms with Crippen LogP contribution in [-0.4, -0.2) is 16.2 Å². The van der Waals surface area contributed by atoms with Crippen molar-refractivity contribution in [1.82, 2.24) is 4.98 Å². The number of hydrogen-bond acceptors (Lipinski definition) is 2. The fourth-order valence-electron chi connectivity index (χ4n) is 1.83. The third-order valence-electron chi connectivity index (χ3n) is 3.00. The van der Waals surface area contributed by atoms with Crippen LogP contribution in [0.3, 0.4) is 0 Å². The van der Waals surface area contributed by atoms with Gasteiger partial charge in [-0.1, -0.05) is 18.1 Å². The number of nitrogens with zero attached hydrogens (tertiary/aromatic N) is 1.